The van der Waals surface area contributed by atoms with Crippen LogP contribution in [-0.4, -0.2) is 42.5 Å². The fourth-order valence-corrected chi connectivity index (χ4v) is 2.79. The highest BCUT2D eigenvalue weighted by Gasteiger charge is 2.31. The van der Waals surface area contributed by atoms with E-state index in [4.69, 9.17) is 5.73 Å². The number of nitrogens with two attached hydrogens (primary N) is 1. The SMILES string of the molecule is CC(C)CCNC(=O)C(C)N1CCC(C)CC1CN. The van der Waals surface area contributed by atoms with E-state index in [0.717, 1.165) is 31.8 Å². The molecule has 1 fully saturated rings. The quantitative estimate of drug-likeness (QED) is 0.770. The lowest BCUT2D eigenvalue weighted by molar-refractivity contribution is -0.127. The summed E-state index contributed by atoms with van der Waals surface area (Å²) in [5.41, 5.74) is 5.86. The highest BCUT2D eigenvalue weighted by molar-refractivity contribution is 5.81. The fraction of sp³-hybridized carbons (Fsp3) is 0.933. The van der Waals surface area contributed by atoms with E-state index in [2.05, 4.69) is 31.0 Å². The first-order chi connectivity index (χ1) is 8.95. The van der Waals surface area contributed by atoms with Crippen LogP contribution in [0.1, 0.15) is 47.0 Å². The summed E-state index contributed by atoms with van der Waals surface area (Å²) in [7, 11) is 0. The third-order valence-electron chi connectivity index (χ3n) is 4.19. The number of hydrogen-bond donors (Lipinski definition) is 2. The van der Waals surface area contributed by atoms with Crippen molar-refractivity contribution in [2.45, 2.75) is 59.0 Å². The van der Waals surface area contributed by atoms with Crippen molar-refractivity contribution >= 4 is 5.91 Å². The summed E-state index contributed by atoms with van der Waals surface area (Å²) < 4.78 is 0. The van der Waals surface area contributed by atoms with Gasteiger partial charge < -0.3 is 11.1 Å². The van der Waals surface area contributed by atoms with Crippen LogP contribution in [-0.2, 0) is 4.79 Å². The molecule has 112 valence electrons. The minimum absolute atomic E-state index is 0.0618. The largest absolute Gasteiger partial charge is 0.355 e. The molecular weight excluding hydrogens is 238 g/mol. The van der Waals surface area contributed by atoms with Crippen LogP contribution in [0.15, 0.2) is 0 Å². The normalized spacial score (nSPS) is 26.4. The Hall–Kier alpha value is -0.610. The summed E-state index contributed by atoms with van der Waals surface area (Å²) >= 11 is 0. The van der Waals surface area contributed by atoms with E-state index in [9.17, 15) is 4.79 Å². The number of hydrogen-bond acceptors (Lipinski definition) is 3. The van der Waals surface area contributed by atoms with Crippen LogP contribution in [0.2, 0.25) is 0 Å². The van der Waals surface area contributed by atoms with Gasteiger partial charge in [0.25, 0.3) is 0 Å². The summed E-state index contributed by atoms with van der Waals surface area (Å²) in [4.78, 5) is 14.5. The Labute approximate surface area is 118 Å². The van der Waals surface area contributed by atoms with Crippen LogP contribution < -0.4 is 11.1 Å². The fourth-order valence-electron chi connectivity index (χ4n) is 2.79. The second kappa shape index (κ2) is 7.85. The van der Waals surface area contributed by atoms with Crippen LogP contribution in [0.25, 0.3) is 0 Å². The molecule has 4 nitrogen and oxygen atoms in total. The van der Waals surface area contributed by atoms with E-state index in [-0.39, 0.29) is 11.9 Å². The summed E-state index contributed by atoms with van der Waals surface area (Å²) in [6.45, 7) is 11.0. The number of nitrogens with one attached hydrogen (secondary N) is 1. The van der Waals surface area contributed by atoms with Crippen molar-refractivity contribution in [2.24, 2.45) is 17.6 Å². The van der Waals surface area contributed by atoms with E-state index < -0.39 is 0 Å². The number of rotatable bonds is 6. The number of carbonyl (C=O) groups excluding carboxylic acids is 1. The molecule has 0 radical (unpaired) electrons. The van der Waals surface area contributed by atoms with Crippen molar-refractivity contribution in [3.8, 4) is 0 Å². The molecule has 1 rings (SSSR count). The molecule has 19 heavy (non-hydrogen) atoms. The summed E-state index contributed by atoms with van der Waals surface area (Å²) in [5, 5.41) is 3.05. The Morgan fingerprint density at radius 1 is 1.42 bits per heavy atom. The molecule has 3 unspecified atom stereocenters. The highest BCUT2D eigenvalue weighted by atomic mass is 16.2. The van der Waals surface area contributed by atoms with Crippen LogP contribution in [0.4, 0.5) is 0 Å². The Kier molecular flexibility index (Phi) is 6.80. The molecule has 0 aromatic heterocycles. The molecule has 3 N–H and O–H groups in total. The minimum atomic E-state index is -0.0618. The Balaban J connectivity index is 2.45. The second-order valence-corrected chi connectivity index (χ2v) is 6.41. The number of likely N-dealkylation sites (tertiary alicyclic amines) is 1. The Morgan fingerprint density at radius 2 is 2.11 bits per heavy atom. The molecule has 1 heterocycles. The molecule has 0 aliphatic carbocycles. The molecule has 1 saturated heterocycles. The van der Waals surface area contributed by atoms with Crippen LogP contribution >= 0.6 is 0 Å². The number of carbonyl (C=O) groups is 1. The molecule has 0 aromatic carbocycles. The summed E-state index contributed by atoms with van der Waals surface area (Å²) in [6.07, 6.45) is 3.32. The monoisotopic (exact) mass is 269 g/mol. The van der Waals surface area contributed by atoms with Gasteiger partial charge >= 0.3 is 0 Å². The number of nitrogens with zero attached hydrogens (tertiary/aromatic N) is 1. The standard InChI is InChI=1S/C15H31N3O/c1-11(2)5-7-17-15(19)13(4)18-8-6-12(3)9-14(18)10-16/h11-14H,5-10,16H2,1-4H3,(H,17,19). The van der Waals surface area contributed by atoms with Gasteiger partial charge in [0.1, 0.15) is 0 Å². The first-order valence-electron chi connectivity index (χ1n) is 7.69. The average molecular weight is 269 g/mol. The van der Waals surface area contributed by atoms with Crippen LogP contribution in [0.5, 0.6) is 0 Å². The highest BCUT2D eigenvalue weighted by Crippen LogP contribution is 2.23. The Bertz CT molecular complexity index is 281. The van der Waals surface area contributed by atoms with E-state index >= 15 is 0 Å². The van der Waals surface area contributed by atoms with Crippen LogP contribution in [0.3, 0.4) is 0 Å². The van der Waals surface area contributed by atoms with Gasteiger partial charge in [0.05, 0.1) is 6.04 Å². The molecular formula is C15H31N3O. The maximum Gasteiger partial charge on any atom is 0.237 e. The maximum absolute atomic E-state index is 12.2. The van der Waals surface area contributed by atoms with Crippen LogP contribution in [0, 0.1) is 11.8 Å². The van der Waals surface area contributed by atoms with E-state index in [1.54, 1.807) is 0 Å². The van der Waals surface area contributed by atoms with Gasteiger partial charge in [-0.1, -0.05) is 20.8 Å². The number of amides is 1. The van der Waals surface area contributed by atoms with Gasteiger partial charge in [-0.15, -0.1) is 0 Å². The zero-order valence-corrected chi connectivity index (χ0v) is 13.0. The summed E-state index contributed by atoms with van der Waals surface area (Å²) in [6, 6.07) is 0.294. The number of piperidine rings is 1. The van der Waals surface area contributed by atoms with Gasteiger partial charge in [0.2, 0.25) is 5.91 Å². The predicted octanol–water partition coefficient (Wildman–Crippen LogP) is 1.60. The molecule has 0 saturated carbocycles. The molecule has 0 bridgehead atoms. The minimum Gasteiger partial charge on any atom is -0.355 e. The van der Waals surface area contributed by atoms with Crippen molar-refractivity contribution in [1.82, 2.24) is 10.2 Å². The lowest BCUT2D eigenvalue weighted by Gasteiger charge is -2.41. The zero-order valence-electron chi connectivity index (χ0n) is 13.0. The van der Waals surface area contributed by atoms with Gasteiger partial charge in [0.15, 0.2) is 0 Å². The van der Waals surface area contributed by atoms with Crippen molar-refractivity contribution in [2.75, 3.05) is 19.6 Å². The molecule has 3 atom stereocenters. The maximum atomic E-state index is 12.2. The van der Waals surface area contributed by atoms with E-state index in [0.29, 0.717) is 18.5 Å². The van der Waals surface area contributed by atoms with Crippen molar-refractivity contribution < 1.29 is 4.79 Å². The third kappa shape index (κ3) is 5.11. The van der Waals surface area contributed by atoms with Gasteiger partial charge in [-0.25, -0.2) is 0 Å². The molecule has 1 aliphatic heterocycles. The topological polar surface area (TPSA) is 58.4 Å². The van der Waals surface area contributed by atoms with E-state index in [1.165, 1.54) is 6.42 Å². The molecule has 4 heteroatoms. The third-order valence-corrected chi connectivity index (χ3v) is 4.19. The Morgan fingerprint density at radius 3 is 2.68 bits per heavy atom. The van der Waals surface area contributed by atoms with Gasteiger partial charge in [0, 0.05) is 19.1 Å². The average Bonchev–Trinajstić information content (AvgIpc) is 2.37. The summed E-state index contributed by atoms with van der Waals surface area (Å²) in [5.74, 6) is 1.50. The zero-order chi connectivity index (χ0) is 14.4. The first kappa shape index (κ1) is 16.4. The molecule has 1 aliphatic rings. The van der Waals surface area contributed by atoms with Crippen molar-refractivity contribution in [1.29, 1.82) is 0 Å². The molecule has 1 amide bonds. The van der Waals surface area contributed by atoms with Crippen molar-refractivity contribution in [3.05, 3.63) is 0 Å². The molecule has 0 spiro atoms. The van der Waals surface area contributed by atoms with Gasteiger partial charge in [-0.3, -0.25) is 9.69 Å². The lowest BCUT2D eigenvalue weighted by atomic mass is 9.91. The molecule has 0 aromatic rings. The predicted molar refractivity (Wildman–Crippen MR) is 79.9 cm³/mol. The lowest BCUT2D eigenvalue weighted by Crippen LogP contribution is -2.55. The second-order valence-electron chi connectivity index (χ2n) is 6.41. The van der Waals surface area contributed by atoms with E-state index in [1.807, 2.05) is 6.92 Å². The first-order valence-corrected chi connectivity index (χ1v) is 7.69. The van der Waals surface area contributed by atoms with Gasteiger partial charge in [-0.2, -0.15) is 0 Å². The smallest absolute Gasteiger partial charge is 0.237 e. The van der Waals surface area contributed by atoms with Gasteiger partial charge in [-0.05, 0) is 44.6 Å². The van der Waals surface area contributed by atoms with Crippen molar-refractivity contribution in [3.63, 3.8) is 0 Å².